The van der Waals surface area contributed by atoms with Gasteiger partial charge in [0.1, 0.15) is 0 Å². The van der Waals surface area contributed by atoms with Crippen LogP contribution in [0.25, 0.3) is 50.6 Å². The van der Waals surface area contributed by atoms with Crippen molar-refractivity contribution in [2.75, 3.05) is 0 Å². The molecule has 1 aliphatic rings. The van der Waals surface area contributed by atoms with Crippen LogP contribution in [-0.2, 0) is 26.5 Å². The fourth-order valence-corrected chi connectivity index (χ4v) is 5.48. The Morgan fingerprint density at radius 3 is 2.40 bits per heavy atom. The predicted octanol–water partition coefficient (Wildman–Crippen LogP) is 7.71. The summed E-state index contributed by atoms with van der Waals surface area (Å²) in [5.41, 5.74) is 12.2. The van der Waals surface area contributed by atoms with Crippen molar-refractivity contribution in [2.45, 2.75) is 13.3 Å². The quantitative estimate of drug-likeness (QED) is 0.176. The van der Waals surface area contributed by atoms with Crippen LogP contribution in [0.5, 0.6) is 0 Å². The molecule has 1 aliphatic carbocycles. The number of hydrogen-bond acceptors (Lipinski definition) is 4. The summed E-state index contributed by atoms with van der Waals surface area (Å²) >= 11 is 0. The number of benzene rings is 4. The van der Waals surface area contributed by atoms with Gasteiger partial charge < -0.3 is 9.55 Å². The summed E-state index contributed by atoms with van der Waals surface area (Å²) < 4.78 is 2.16. The number of aromatic nitrogens is 5. The van der Waals surface area contributed by atoms with Gasteiger partial charge in [-0.25, -0.2) is 0 Å². The van der Waals surface area contributed by atoms with E-state index in [4.69, 9.17) is 4.98 Å². The van der Waals surface area contributed by atoms with Gasteiger partial charge in [-0.2, -0.15) is 5.10 Å². The third-order valence-electron chi connectivity index (χ3n) is 7.32. The van der Waals surface area contributed by atoms with E-state index in [0.717, 1.165) is 40.3 Å². The molecule has 0 bridgehead atoms. The zero-order valence-electron chi connectivity index (χ0n) is 22.8. The van der Waals surface area contributed by atoms with Gasteiger partial charge in [0, 0.05) is 32.0 Å². The second kappa shape index (κ2) is 12.0. The van der Waals surface area contributed by atoms with Crippen molar-refractivity contribution in [1.82, 2.24) is 24.7 Å². The number of imidazole rings is 1. The summed E-state index contributed by atoms with van der Waals surface area (Å²) in [7, 11) is 0. The van der Waals surface area contributed by atoms with Crippen LogP contribution in [0.4, 0.5) is 0 Å². The molecule has 0 atom stereocenters. The van der Waals surface area contributed by atoms with Crippen LogP contribution >= 0.6 is 0 Å². The molecule has 0 amide bonds. The van der Waals surface area contributed by atoms with Crippen LogP contribution < -0.4 is 0 Å². The maximum atomic E-state index is 4.89. The monoisotopic (exact) mass is 720 g/mol. The Morgan fingerprint density at radius 2 is 1.60 bits per heavy atom. The molecular weight excluding hydrogens is 695 g/mol. The summed E-state index contributed by atoms with van der Waals surface area (Å²) in [5, 5.41) is 8.31. The van der Waals surface area contributed by atoms with Gasteiger partial charge in [-0.15, -0.1) is 69.8 Å². The first-order chi connectivity index (χ1) is 20.3. The molecule has 3 aromatic heterocycles. The van der Waals surface area contributed by atoms with Crippen LogP contribution in [-0.4, -0.2) is 24.7 Å². The molecular formula is C36H25IrN5-2. The van der Waals surface area contributed by atoms with Gasteiger partial charge in [0.05, 0.1) is 17.5 Å². The van der Waals surface area contributed by atoms with Gasteiger partial charge in [-0.05, 0) is 47.5 Å². The number of hydrogen-bond donors (Lipinski definition) is 0. The van der Waals surface area contributed by atoms with Gasteiger partial charge in [-0.3, -0.25) is 4.98 Å². The van der Waals surface area contributed by atoms with Crippen molar-refractivity contribution in [2.24, 2.45) is 0 Å². The molecule has 5 nitrogen and oxygen atoms in total. The number of para-hydroxylation sites is 1. The standard InChI is InChI=1S/C25H17N4.C11H8N.Ir/c1-16-11-12-20(21-15-17-7-5-6-10-19(17)23(16)21)25-27-24-22(13-14-26-28-24)29(25)18-8-3-2-4-9-18;1-2-6-10(7-3-1)11-8-4-5-9-12-11;/h2-11,13-14H,15H2,1H3;1-6,8-9H;/q2*-1;. The SMILES string of the molecule is Cc1c[c-]c(-c2nc3nnccc3n2-c2ccccc2)c2c1-c1ccccc1C2.[Ir].[c-]1ccccc1-c1ccccn1. The van der Waals surface area contributed by atoms with Gasteiger partial charge in [0.15, 0.2) is 5.65 Å². The molecule has 0 spiro atoms. The summed E-state index contributed by atoms with van der Waals surface area (Å²) in [5.74, 6) is 0.857. The Balaban J connectivity index is 0.000000205. The Labute approximate surface area is 258 Å². The molecule has 7 aromatic rings. The second-order valence-corrected chi connectivity index (χ2v) is 9.87. The molecule has 0 fully saturated rings. The fraction of sp³-hybridized carbons (Fsp3) is 0.0556. The molecule has 42 heavy (non-hydrogen) atoms. The Kier molecular flexibility index (Phi) is 7.82. The first-order valence-corrected chi connectivity index (χ1v) is 13.5. The predicted molar refractivity (Wildman–Crippen MR) is 162 cm³/mol. The van der Waals surface area contributed by atoms with E-state index in [1.54, 1.807) is 12.4 Å². The maximum Gasteiger partial charge on any atom is 0.190 e. The Bertz CT molecular complexity index is 1930. The molecule has 205 valence electrons. The second-order valence-electron chi connectivity index (χ2n) is 9.87. The summed E-state index contributed by atoms with van der Waals surface area (Å²) in [4.78, 5) is 9.11. The average Bonchev–Trinajstić information content (AvgIpc) is 3.63. The van der Waals surface area contributed by atoms with Crippen molar-refractivity contribution < 1.29 is 20.1 Å². The van der Waals surface area contributed by atoms with Crippen molar-refractivity contribution in [1.29, 1.82) is 0 Å². The van der Waals surface area contributed by atoms with Crippen molar-refractivity contribution in [3.63, 3.8) is 0 Å². The van der Waals surface area contributed by atoms with Gasteiger partial charge in [0.2, 0.25) is 0 Å². The normalized spacial score (nSPS) is 11.2. The van der Waals surface area contributed by atoms with E-state index in [0.29, 0.717) is 5.65 Å². The zero-order valence-corrected chi connectivity index (χ0v) is 25.2. The number of pyridine rings is 1. The molecule has 6 heteroatoms. The van der Waals surface area contributed by atoms with Crippen molar-refractivity contribution in [3.05, 3.63) is 150 Å². The van der Waals surface area contributed by atoms with Crippen LogP contribution in [0.3, 0.4) is 0 Å². The van der Waals surface area contributed by atoms with Gasteiger partial charge in [-0.1, -0.05) is 67.1 Å². The molecule has 0 saturated carbocycles. The van der Waals surface area contributed by atoms with Gasteiger partial charge in [0.25, 0.3) is 0 Å². The van der Waals surface area contributed by atoms with E-state index in [9.17, 15) is 0 Å². The van der Waals surface area contributed by atoms with Crippen LogP contribution in [0.15, 0.2) is 122 Å². The summed E-state index contributed by atoms with van der Waals surface area (Å²) in [6.45, 7) is 2.16. The number of fused-ring (bicyclic) bond motifs is 4. The molecule has 8 rings (SSSR count). The summed E-state index contributed by atoms with van der Waals surface area (Å²) in [6.07, 6.45) is 4.39. The van der Waals surface area contributed by atoms with E-state index in [2.05, 4.69) is 81.3 Å². The fourth-order valence-electron chi connectivity index (χ4n) is 5.48. The molecule has 0 aliphatic heterocycles. The van der Waals surface area contributed by atoms with E-state index in [1.807, 2.05) is 66.7 Å². The first kappa shape index (κ1) is 27.4. The Hall–Kier alpha value is -4.77. The topological polar surface area (TPSA) is 56.5 Å². The van der Waals surface area contributed by atoms with E-state index >= 15 is 0 Å². The smallest absolute Gasteiger partial charge is 0.190 e. The Morgan fingerprint density at radius 1 is 0.786 bits per heavy atom. The minimum Gasteiger partial charge on any atom is -0.332 e. The van der Waals surface area contributed by atoms with E-state index in [1.165, 1.54) is 27.8 Å². The number of aryl methyl sites for hydroxylation is 1. The maximum absolute atomic E-state index is 4.89. The number of nitrogens with zero attached hydrogens (tertiary/aromatic N) is 5. The van der Waals surface area contributed by atoms with Gasteiger partial charge >= 0.3 is 0 Å². The number of rotatable bonds is 3. The van der Waals surface area contributed by atoms with E-state index < -0.39 is 0 Å². The molecule has 1 radical (unpaired) electrons. The first-order valence-electron chi connectivity index (χ1n) is 13.5. The van der Waals surface area contributed by atoms with Crippen LogP contribution in [0.1, 0.15) is 16.7 Å². The summed E-state index contributed by atoms with van der Waals surface area (Å²) in [6, 6.07) is 43.3. The average molecular weight is 720 g/mol. The molecule has 0 unspecified atom stereocenters. The third-order valence-corrected chi connectivity index (χ3v) is 7.32. The molecule has 3 heterocycles. The van der Waals surface area contributed by atoms with E-state index in [-0.39, 0.29) is 20.1 Å². The largest absolute Gasteiger partial charge is 0.332 e. The minimum absolute atomic E-state index is 0. The minimum atomic E-state index is 0. The van der Waals surface area contributed by atoms with Crippen LogP contribution in [0.2, 0.25) is 0 Å². The molecule has 4 aromatic carbocycles. The zero-order chi connectivity index (χ0) is 27.6. The van der Waals surface area contributed by atoms with Crippen molar-refractivity contribution >= 4 is 11.2 Å². The van der Waals surface area contributed by atoms with Crippen LogP contribution in [0, 0.1) is 19.1 Å². The molecule has 0 N–H and O–H groups in total. The van der Waals surface area contributed by atoms with Crippen molar-refractivity contribution in [3.8, 4) is 39.5 Å². The third kappa shape index (κ3) is 5.07. The molecule has 0 saturated heterocycles.